The summed E-state index contributed by atoms with van der Waals surface area (Å²) in [5.41, 5.74) is 2.57. The van der Waals surface area contributed by atoms with Crippen LogP contribution in [0.25, 0.3) is 17.0 Å². The molecule has 4 rings (SSSR count). The van der Waals surface area contributed by atoms with Crippen molar-refractivity contribution < 1.29 is 27.4 Å². The van der Waals surface area contributed by atoms with Gasteiger partial charge in [0.1, 0.15) is 12.4 Å². The normalized spacial score (nSPS) is 11.5. The molecule has 2 aromatic heterocycles. The highest BCUT2D eigenvalue weighted by Crippen LogP contribution is 2.31. The Kier molecular flexibility index (Phi) is 7.27. The number of hydrogen-bond donors (Lipinski definition) is 1. The first-order chi connectivity index (χ1) is 17.3. The Morgan fingerprint density at radius 3 is 2.33 bits per heavy atom. The van der Waals surface area contributed by atoms with Crippen molar-refractivity contribution in [2.75, 3.05) is 34.5 Å². The molecule has 1 N–H and O–H groups in total. The van der Waals surface area contributed by atoms with Gasteiger partial charge in [0.05, 0.1) is 26.2 Å². The third-order valence-electron chi connectivity index (χ3n) is 5.51. The molecule has 0 aliphatic rings. The van der Waals surface area contributed by atoms with Gasteiger partial charge in [-0.3, -0.25) is 0 Å². The number of methoxy groups -OCH3 is 3. The molecule has 2 heterocycles. The van der Waals surface area contributed by atoms with Crippen molar-refractivity contribution >= 4 is 15.7 Å². The number of nitrogens with zero attached hydrogens (tertiary/aromatic N) is 4. The Hall–Kier alpha value is -3.90. The second-order valence-corrected chi connectivity index (χ2v) is 9.60. The van der Waals surface area contributed by atoms with Gasteiger partial charge in [0.25, 0.3) is 0 Å². The SMILES string of the molecule is COc1cc(C)c(S(=O)(=O)NCCOc2ccc3nnc(-c4ccc(OC)c(OC)c4)n3n2)cc1C. The Morgan fingerprint density at radius 1 is 0.861 bits per heavy atom. The maximum absolute atomic E-state index is 12.8. The molecule has 0 spiro atoms. The molecule has 0 saturated heterocycles. The molecule has 11 nitrogen and oxygen atoms in total. The molecule has 12 heteroatoms. The van der Waals surface area contributed by atoms with Crippen LogP contribution in [0.2, 0.25) is 0 Å². The summed E-state index contributed by atoms with van der Waals surface area (Å²) in [6.45, 7) is 3.64. The zero-order valence-electron chi connectivity index (χ0n) is 20.6. The molecule has 0 unspecified atom stereocenters. The molecule has 0 amide bonds. The predicted molar refractivity (Wildman–Crippen MR) is 132 cm³/mol. The third kappa shape index (κ3) is 5.04. The summed E-state index contributed by atoms with van der Waals surface area (Å²) >= 11 is 0. The molecule has 2 aromatic carbocycles. The molecule has 0 fully saturated rings. The largest absolute Gasteiger partial charge is 0.496 e. The summed E-state index contributed by atoms with van der Waals surface area (Å²) < 4.78 is 51.3. The van der Waals surface area contributed by atoms with Gasteiger partial charge in [-0.1, -0.05) is 0 Å². The summed E-state index contributed by atoms with van der Waals surface area (Å²) in [6.07, 6.45) is 0. The summed E-state index contributed by atoms with van der Waals surface area (Å²) in [6, 6.07) is 12.0. The predicted octanol–water partition coefficient (Wildman–Crippen LogP) is 2.79. The van der Waals surface area contributed by atoms with Crippen LogP contribution >= 0.6 is 0 Å². The van der Waals surface area contributed by atoms with Crippen molar-refractivity contribution in [2.45, 2.75) is 18.7 Å². The molecule has 0 aliphatic carbocycles. The Balaban J connectivity index is 1.46. The number of sulfonamides is 1. The van der Waals surface area contributed by atoms with Crippen molar-refractivity contribution in [1.29, 1.82) is 0 Å². The minimum Gasteiger partial charge on any atom is -0.496 e. The monoisotopic (exact) mass is 513 g/mol. The first kappa shape index (κ1) is 25.2. The smallest absolute Gasteiger partial charge is 0.240 e. The minimum atomic E-state index is -3.73. The first-order valence-electron chi connectivity index (χ1n) is 11.0. The molecule has 4 aromatic rings. The van der Waals surface area contributed by atoms with E-state index in [-0.39, 0.29) is 18.0 Å². The summed E-state index contributed by atoms with van der Waals surface area (Å²) in [5, 5.41) is 12.8. The highest BCUT2D eigenvalue weighted by atomic mass is 32.2. The van der Waals surface area contributed by atoms with Crippen LogP contribution in [-0.4, -0.2) is 62.7 Å². The average Bonchev–Trinajstić information content (AvgIpc) is 3.30. The van der Waals surface area contributed by atoms with Crippen molar-refractivity contribution in [1.82, 2.24) is 24.5 Å². The van der Waals surface area contributed by atoms with E-state index in [0.717, 1.165) is 11.1 Å². The zero-order valence-corrected chi connectivity index (χ0v) is 21.4. The number of benzene rings is 2. The van der Waals surface area contributed by atoms with E-state index in [1.807, 2.05) is 6.07 Å². The minimum absolute atomic E-state index is 0.0529. The van der Waals surface area contributed by atoms with Crippen LogP contribution in [0.1, 0.15) is 11.1 Å². The van der Waals surface area contributed by atoms with Crippen molar-refractivity contribution in [3.05, 3.63) is 53.6 Å². The van der Waals surface area contributed by atoms with Gasteiger partial charge in [-0.2, -0.15) is 4.52 Å². The molecule has 0 bridgehead atoms. The number of ether oxygens (including phenoxy) is 4. The summed E-state index contributed by atoms with van der Waals surface area (Å²) in [4.78, 5) is 0.199. The van der Waals surface area contributed by atoms with Crippen LogP contribution in [0.4, 0.5) is 0 Å². The number of aromatic nitrogens is 4. The maximum atomic E-state index is 12.8. The maximum Gasteiger partial charge on any atom is 0.240 e. The van der Waals surface area contributed by atoms with E-state index in [9.17, 15) is 8.42 Å². The van der Waals surface area contributed by atoms with E-state index in [2.05, 4.69) is 20.0 Å². The summed E-state index contributed by atoms with van der Waals surface area (Å²) in [7, 11) is 0.941. The molecule has 0 atom stereocenters. The topological polar surface area (TPSA) is 126 Å². The molecular weight excluding hydrogens is 486 g/mol. The van der Waals surface area contributed by atoms with Gasteiger partial charge < -0.3 is 18.9 Å². The Bertz CT molecular complexity index is 1500. The number of hydrogen-bond acceptors (Lipinski definition) is 9. The Labute approximate surface area is 209 Å². The second-order valence-electron chi connectivity index (χ2n) is 7.87. The van der Waals surface area contributed by atoms with Crippen LogP contribution < -0.4 is 23.7 Å². The zero-order chi connectivity index (χ0) is 25.9. The Morgan fingerprint density at radius 2 is 1.61 bits per heavy atom. The highest BCUT2D eigenvalue weighted by molar-refractivity contribution is 7.89. The lowest BCUT2D eigenvalue weighted by Gasteiger charge is -2.13. The number of nitrogens with one attached hydrogen (secondary N) is 1. The van der Waals surface area contributed by atoms with Gasteiger partial charge in [0.2, 0.25) is 15.9 Å². The fraction of sp³-hybridized carbons (Fsp3) is 0.292. The average molecular weight is 514 g/mol. The van der Waals surface area contributed by atoms with Gasteiger partial charge in [-0.05, 0) is 61.4 Å². The van der Waals surface area contributed by atoms with Crippen LogP contribution in [-0.2, 0) is 10.0 Å². The molecule has 190 valence electrons. The van der Waals surface area contributed by atoms with Crippen molar-refractivity contribution in [3.63, 3.8) is 0 Å². The van der Waals surface area contributed by atoms with Gasteiger partial charge >= 0.3 is 0 Å². The van der Waals surface area contributed by atoms with Crippen LogP contribution in [0.5, 0.6) is 23.1 Å². The molecule has 0 radical (unpaired) electrons. The van der Waals surface area contributed by atoms with Gasteiger partial charge in [0, 0.05) is 18.2 Å². The number of fused-ring (bicyclic) bond motifs is 1. The van der Waals surface area contributed by atoms with E-state index >= 15 is 0 Å². The fourth-order valence-corrected chi connectivity index (χ4v) is 5.01. The molecule has 0 aliphatic heterocycles. The summed E-state index contributed by atoms with van der Waals surface area (Å²) in [5.74, 6) is 2.56. The molecular formula is C24H27N5O6S. The molecule has 0 saturated carbocycles. The van der Waals surface area contributed by atoms with Crippen LogP contribution in [0.3, 0.4) is 0 Å². The van der Waals surface area contributed by atoms with Gasteiger partial charge in [-0.25, -0.2) is 13.1 Å². The third-order valence-corrected chi connectivity index (χ3v) is 7.11. The quantitative estimate of drug-likeness (QED) is 0.319. The van der Waals surface area contributed by atoms with E-state index in [4.69, 9.17) is 18.9 Å². The van der Waals surface area contributed by atoms with E-state index < -0.39 is 10.0 Å². The van der Waals surface area contributed by atoms with Crippen molar-refractivity contribution in [2.24, 2.45) is 0 Å². The van der Waals surface area contributed by atoms with E-state index in [1.54, 1.807) is 76.1 Å². The number of aryl methyl sites for hydroxylation is 2. The second kappa shape index (κ2) is 10.4. The van der Waals surface area contributed by atoms with Gasteiger partial charge in [0.15, 0.2) is 23.0 Å². The first-order valence-corrected chi connectivity index (χ1v) is 12.5. The standard InChI is InChI=1S/C24H27N5O6S/c1-15-13-21(16(2)12-19(15)33-4)36(30,31)25-10-11-35-23-9-8-22-26-27-24(29(22)28-23)17-6-7-18(32-3)20(14-17)34-5/h6-9,12-14,25H,10-11H2,1-5H3. The lowest BCUT2D eigenvalue weighted by Crippen LogP contribution is -2.29. The lowest BCUT2D eigenvalue weighted by molar-refractivity contribution is 0.306. The number of rotatable bonds is 10. The van der Waals surface area contributed by atoms with Crippen LogP contribution in [0, 0.1) is 13.8 Å². The fourth-order valence-electron chi connectivity index (χ4n) is 3.69. The van der Waals surface area contributed by atoms with E-state index in [1.165, 1.54) is 0 Å². The van der Waals surface area contributed by atoms with Gasteiger partial charge in [-0.15, -0.1) is 15.3 Å². The highest BCUT2D eigenvalue weighted by Gasteiger charge is 2.19. The molecule has 36 heavy (non-hydrogen) atoms. The van der Waals surface area contributed by atoms with E-state index in [0.29, 0.717) is 40.2 Å². The van der Waals surface area contributed by atoms with Crippen molar-refractivity contribution in [3.8, 4) is 34.5 Å². The van der Waals surface area contributed by atoms with Crippen LogP contribution in [0.15, 0.2) is 47.4 Å². The lowest BCUT2D eigenvalue weighted by atomic mass is 10.1.